The standard InChI is InChI=1S/C14H10F2N4O/c15-11-2-1-7(5-12(11)16)13-19-14(21-20-13)8-3-9(17)6-10(18)4-8/h1-6H,17-18H2. The topological polar surface area (TPSA) is 91.0 Å². The Bertz CT molecular complexity index is 796. The van der Waals surface area contributed by atoms with Crippen LogP contribution in [0.5, 0.6) is 0 Å². The number of anilines is 2. The van der Waals surface area contributed by atoms with Gasteiger partial charge in [-0.1, -0.05) is 5.16 Å². The lowest BCUT2D eigenvalue weighted by Crippen LogP contribution is -1.91. The van der Waals surface area contributed by atoms with Gasteiger partial charge in [-0.15, -0.1) is 0 Å². The van der Waals surface area contributed by atoms with Crippen LogP contribution in [0.15, 0.2) is 40.9 Å². The van der Waals surface area contributed by atoms with Gasteiger partial charge in [-0.3, -0.25) is 0 Å². The zero-order chi connectivity index (χ0) is 15.0. The van der Waals surface area contributed by atoms with Crippen molar-refractivity contribution in [3.8, 4) is 22.8 Å². The summed E-state index contributed by atoms with van der Waals surface area (Å²) in [5.74, 6) is -1.59. The fraction of sp³-hybridized carbons (Fsp3) is 0. The molecule has 4 N–H and O–H groups in total. The fourth-order valence-electron chi connectivity index (χ4n) is 1.89. The molecular weight excluding hydrogens is 278 g/mol. The monoisotopic (exact) mass is 288 g/mol. The molecule has 0 amide bonds. The van der Waals surface area contributed by atoms with Gasteiger partial charge in [0.05, 0.1) is 0 Å². The molecule has 0 aliphatic heterocycles. The largest absolute Gasteiger partial charge is 0.399 e. The van der Waals surface area contributed by atoms with Crippen LogP contribution >= 0.6 is 0 Å². The molecule has 21 heavy (non-hydrogen) atoms. The summed E-state index contributed by atoms with van der Waals surface area (Å²) in [5, 5.41) is 3.74. The maximum absolute atomic E-state index is 13.2. The molecule has 0 aliphatic carbocycles. The zero-order valence-corrected chi connectivity index (χ0v) is 10.7. The van der Waals surface area contributed by atoms with E-state index in [4.69, 9.17) is 16.0 Å². The van der Waals surface area contributed by atoms with Crippen LogP contribution < -0.4 is 11.5 Å². The number of aromatic nitrogens is 2. The van der Waals surface area contributed by atoms with Crippen molar-refractivity contribution in [2.75, 3.05) is 11.5 Å². The molecule has 0 bridgehead atoms. The Balaban J connectivity index is 2.01. The second-order valence-electron chi connectivity index (χ2n) is 4.44. The van der Waals surface area contributed by atoms with Gasteiger partial charge in [0.1, 0.15) is 0 Å². The molecule has 106 valence electrons. The number of nitrogens with zero attached hydrogens (tertiary/aromatic N) is 2. The Morgan fingerprint density at radius 3 is 2.24 bits per heavy atom. The number of hydrogen-bond acceptors (Lipinski definition) is 5. The van der Waals surface area contributed by atoms with E-state index in [0.29, 0.717) is 22.5 Å². The third-order valence-corrected chi connectivity index (χ3v) is 2.83. The maximum atomic E-state index is 13.2. The van der Waals surface area contributed by atoms with E-state index in [0.717, 1.165) is 12.1 Å². The molecule has 1 aromatic heterocycles. The van der Waals surface area contributed by atoms with Gasteiger partial charge in [0.2, 0.25) is 5.82 Å². The minimum absolute atomic E-state index is 0.143. The summed E-state index contributed by atoms with van der Waals surface area (Å²) in [6, 6.07) is 8.20. The lowest BCUT2D eigenvalue weighted by molar-refractivity contribution is 0.432. The first-order valence-corrected chi connectivity index (χ1v) is 5.98. The third kappa shape index (κ3) is 2.53. The van der Waals surface area contributed by atoms with E-state index in [-0.39, 0.29) is 11.7 Å². The summed E-state index contributed by atoms with van der Waals surface area (Å²) in [7, 11) is 0. The molecule has 2 aromatic carbocycles. The summed E-state index contributed by atoms with van der Waals surface area (Å²) in [4.78, 5) is 4.13. The van der Waals surface area contributed by atoms with E-state index >= 15 is 0 Å². The van der Waals surface area contributed by atoms with Crippen molar-refractivity contribution in [2.45, 2.75) is 0 Å². The molecule has 0 fully saturated rings. The van der Waals surface area contributed by atoms with E-state index in [1.807, 2.05) is 0 Å². The molecule has 0 aliphatic rings. The fourth-order valence-corrected chi connectivity index (χ4v) is 1.89. The lowest BCUT2D eigenvalue weighted by atomic mass is 10.1. The molecule has 0 spiro atoms. The molecule has 7 heteroatoms. The number of benzene rings is 2. The first kappa shape index (κ1) is 13.0. The van der Waals surface area contributed by atoms with Crippen molar-refractivity contribution in [3.05, 3.63) is 48.0 Å². The number of halogens is 2. The van der Waals surface area contributed by atoms with Crippen LogP contribution in [-0.4, -0.2) is 10.1 Å². The van der Waals surface area contributed by atoms with Crippen molar-refractivity contribution >= 4 is 11.4 Å². The highest BCUT2D eigenvalue weighted by Gasteiger charge is 2.13. The predicted molar refractivity (Wildman–Crippen MR) is 73.9 cm³/mol. The average Bonchev–Trinajstić information content (AvgIpc) is 2.90. The van der Waals surface area contributed by atoms with E-state index in [1.54, 1.807) is 18.2 Å². The van der Waals surface area contributed by atoms with E-state index in [2.05, 4.69) is 10.1 Å². The number of rotatable bonds is 2. The number of nitrogen functional groups attached to an aromatic ring is 2. The molecule has 1 heterocycles. The van der Waals surface area contributed by atoms with Crippen LogP contribution in [0.2, 0.25) is 0 Å². The van der Waals surface area contributed by atoms with Gasteiger partial charge < -0.3 is 16.0 Å². The average molecular weight is 288 g/mol. The predicted octanol–water partition coefficient (Wildman–Crippen LogP) is 2.85. The van der Waals surface area contributed by atoms with Crippen LogP contribution in [-0.2, 0) is 0 Å². The van der Waals surface area contributed by atoms with Gasteiger partial charge in [-0.2, -0.15) is 4.98 Å². The van der Waals surface area contributed by atoms with Crippen molar-refractivity contribution in [1.29, 1.82) is 0 Å². The van der Waals surface area contributed by atoms with E-state index < -0.39 is 11.6 Å². The second-order valence-corrected chi connectivity index (χ2v) is 4.44. The van der Waals surface area contributed by atoms with Crippen LogP contribution in [0, 0.1) is 11.6 Å². The van der Waals surface area contributed by atoms with Crippen molar-refractivity contribution in [1.82, 2.24) is 10.1 Å². The summed E-state index contributed by atoms with van der Waals surface area (Å²) < 4.78 is 31.2. The minimum Gasteiger partial charge on any atom is -0.399 e. The zero-order valence-electron chi connectivity index (χ0n) is 10.7. The molecule has 3 aromatic rings. The first-order valence-electron chi connectivity index (χ1n) is 5.98. The van der Waals surface area contributed by atoms with Gasteiger partial charge in [-0.05, 0) is 36.4 Å². The number of hydrogen-bond donors (Lipinski definition) is 2. The smallest absolute Gasteiger partial charge is 0.258 e. The minimum atomic E-state index is -0.980. The summed E-state index contributed by atoms with van der Waals surface area (Å²) in [6.07, 6.45) is 0. The SMILES string of the molecule is Nc1cc(N)cc(-c2nc(-c3ccc(F)c(F)c3)no2)c1. The lowest BCUT2D eigenvalue weighted by Gasteiger charge is -1.99. The van der Waals surface area contributed by atoms with Gasteiger partial charge in [0.15, 0.2) is 11.6 Å². The van der Waals surface area contributed by atoms with Crippen LogP contribution in [0.25, 0.3) is 22.8 Å². The Hall–Kier alpha value is -2.96. The van der Waals surface area contributed by atoms with Gasteiger partial charge in [0.25, 0.3) is 5.89 Å². The molecular formula is C14H10F2N4O. The molecule has 5 nitrogen and oxygen atoms in total. The Kier molecular flexibility index (Phi) is 3.02. The third-order valence-electron chi connectivity index (χ3n) is 2.83. The molecule has 0 atom stereocenters. The molecule has 0 unspecified atom stereocenters. The second kappa shape index (κ2) is 4.86. The highest BCUT2D eigenvalue weighted by molar-refractivity contribution is 5.68. The Labute approximate surface area is 118 Å². The van der Waals surface area contributed by atoms with Gasteiger partial charge in [-0.25, -0.2) is 8.78 Å². The first-order chi connectivity index (χ1) is 10.0. The summed E-state index contributed by atoms with van der Waals surface area (Å²) in [5.41, 5.74) is 13.1. The van der Waals surface area contributed by atoms with Crippen molar-refractivity contribution in [3.63, 3.8) is 0 Å². The summed E-state index contributed by atoms with van der Waals surface area (Å²) >= 11 is 0. The normalized spacial score (nSPS) is 10.8. The van der Waals surface area contributed by atoms with Gasteiger partial charge >= 0.3 is 0 Å². The van der Waals surface area contributed by atoms with Crippen LogP contribution in [0.3, 0.4) is 0 Å². The van der Waals surface area contributed by atoms with E-state index in [1.165, 1.54) is 6.07 Å². The van der Waals surface area contributed by atoms with Crippen molar-refractivity contribution < 1.29 is 13.3 Å². The highest BCUT2D eigenvalue weighted by atomic mass is 19.2. The Morgan fingerprint density at radius 2 is 1.57 bits per heavy atom. The quantitative estimate of drug-likeness (QED) is 0.707. The maximum Gasteiger partial charge on any atom is 0.258 e. The highest BCUT2D eigenvalue weighted by Crippen LogP contribution is 2.26. The van der Waals surface area contributed by atoms with Gasteiger partial charge in [0, 0.05) is 22.5 Å². The summed E-state index contributed by atoms with van der Waals surface area (Å²) in [6.45, 7) is 0. The Morgan fingerprint density at radius 1 is 0.857 bits per heavy atom. The van der Waals surface area contributed by atoms with Crippen LogP contribution in [0.1, 0.15) is 0 Å². The number of nitrogens with two attached hydrogens (primary N) is 2. The molecule has 0 saturated carbocycles. The molecule has 3 rings (SSSR count). The molecule has 0 saturated heterocycles. The van der Waals surface area contributed by atoms with E-state index in [9.17, 15) is 8.78 Å². The molecule has 0 radical (unpaired) electrons. The van der Waals surface area contributed by atoms with Crippen LogP contribution in [0.4, 0.5) is 20.2 Å². The van der Waals surface area contributed by atoms with Crippen molar-refractivity contribution in [2.24, 2.45) is 0 Å².